The summed E-state index contributed by atoms with van der Waals surface area (Å²) in [5.74, 6) is 2.60. The first-order valence-corrected chi connectivity index (χ1v) is 6.50. The van der Waals surface area contributed by atoms with E-state index in [0.29, 0.717) is 23.7 Å². The highest BCUT2D eigenvalue weighted by Gasteiger charge is 2.25. The SMILES string of the molecule is CC1=C(N)C/C(=C\C(C)C(C)C)C(C)C1C. The Bertz CT molecular complexity index is 309. The molecule has 1 heteroatoms. The van der Waals surface area contributed by atoms with E-state index in [-0.39, 0.29) is 0 Å². The third kappa shape index (κ3) is 2.69. The zero-order chi connectivity index (χ0) is 12.5. The summed E-state index contributed by atoms with van der Waals surface area (Å²) >= 11 is 0. The van der Waals surface area contributed by atoms with Gasteiger partial charge in [-0.15, -0.1) is 0 Å². The highest BCUT2D eigenvalue weighted by Crippen LogP contribution is 2.37. The summed E-state index contributed by atoms with van der Waals surface area (Å²) in [5.41, 5.74) is 10.1. The largest absolute Gasteiger partial charge is 0.402 e. The standard InChI is InChI=1S/C15H27N/c1-9(2)10(3)7-14-8-15(16)13(6)11(4)12(14)5/h7,9-12H,8,16H2,1-6H3/b14-7+. The molecule has 0 saturated heterocycles. The van der Waals surface area contributed by atoms with Crippen LogP contribution in [0.1, 0.15) is 48.0 Å². The second kappa shape index (κ2) is 5.07. The molecule has 2 N–H and O–H groups in total. The number of hydrogen-bond acceptors (Lipinski definition) is 1. The van der Waals surface area contributed by atoms with Crippen LogP contribution in [-0.2, 0) is 0 Å². The molecule has 0 amide bonds. The molecule has 1 aliphatic carbocycles. The van der Waals surface area contributed by atoms with E-state index in [1.165, 1.54) is 11.1 Å². The van der Waals surface area contributed by atoms with Crippen molar-refractivity contribution < 1.29 is 0 Å². The molecule has 1 nitrogen and oxygen atoms in total. The number of nitrogens with two attached hydrogens (primary N) is 1. The van der Waals surface area contributed by atoms with Gasteiger partial charge in [-0.3, -0.25) is 0 Å². The van der Waals surface area contributed by atoms with Crippen LogP contribution in [0.4, 0.5) is 0 Å². The third-order valence-corrected chi connectivity index (χ3v) is 4.45. The van der Waals surface area contributed by atoms with Crippen LogP contribution >= 0.6 is 0 Å². The molecule has 0 radical (unpaired) electrons. The van der Waals surface area contributed by atoms with E-state index in [2.05, 4.69) is 47.6 Å². The maximum Gasteiger partial charge on any atom is 0.0114 e. The van der Waals surface area contributed by atoms with Crippen LogP contribution in [0.2, 0.25) is 0 Å². The Hall–Kier alpha value is -0.720. The van der Waals surface area contributed by atoms with Crippen LogP contribution in [0.15, 0.2) is 22.9 Å². The van der Waals surface area contributed by atoms with Crippen molar-refractivity contribution in [3.8, 4) is 0 Å². The summed E-state index contributed by atoms with van der Waals surface area (Å²) in [5, 5.41) is 0. The van der Waals surface area contributed by atoms with Gasteiger partial charge < -0.3 is 5.73 Å². The Morgan fingerprint density at radius 1 is 1.19 bits per heavy atom. The third-order valence-electron chi connectivity index (χ3n) is 4.45. The molecule has 3 unspecified atom stereocenters. The minimum absolute atomic E-state index is 0.597. The van der Waals surface area contributed by atoms with Gasteiger partial charge in [0.2, 0.25) is 0 Å². The van der Waals surface area contributed by atoms with E-state index in [9.17, 15) is 0 Å². The van der Waals surface area contributed by atoms with Crippen molar-refractivity contribution in [1.29, 1.82) is 0 Å². The van der Waals surface area contributed by atoms with Gasteiger partial charge in [-0.1, -0.05) is 51.8 Å². The molecule has 0 bridgehead atoms. The van der Waals surface area contributed by atoms with E-state index in [1.807, 2.05) is 0 Å². The molecule has 3 atom stereocenters. The maximum atomic E-state index is 6.11. The number of hydrogen-bond donors (Lipinski definition) is 1. The topological polar surface area (TPSA) is 26.0 Å². The van der Waals surface area contributed by atoms with E-state index in [0.717, 1.165) is 12.1 Å². The average Bonchev–Trinajstić information content (AvgIpc) is 2.22. The van der Waals surface area contributed by atoms with Crippen molar-refractivity contribution in [2.24, 2.45) is 29.4 Å². The van der Waals surface area contributed by atoms with Gasteiger partial charge in [0.1, 0.15) is 0 Å². The Balaban J connectivity index is 2.93. The fraction of sp³-hybridized carbons (Fsp3) is 0.733. The summed E-state index contributed by atoms with van der Waals surface area (Å²) < 4.78 is 0. The first-order valence-electron chi connectivity index (χ1n) is 6.50. The monoisotopic (exact) mass is 221 g/mol. The summed E-state index contributed by atoms with van der Waals surface area (Å²) in [7, 11) is 0. The molecule has 0 aromatic rings. The molecule has 0 aromatic carbocycles. The average molecular weight is 221 g/mol. The molecule has 16 heavy (non-hydrogen) atoms. The van der Waals surface area contributed by atoms with Gasteiger partial charge in [0.05, 0.1) is 0 Å². The van der Waals surface area contributed by atoms with Gasteiger partial charge in [0.15, 0.2) is 0 Å². The van der Waals surface area contributed by atoms with E-state index < -0.39 is 0 Å². The van der Waals surface area contributed by atoms with Crippen molar-refractivity contribution >= 4 is 0 Å². The van der Waals surface area contributed by atoms with Gasteiger partial charge in [-0.2, -0.15) is 0 Å². The quantitative estimate of drug-likeness (QED) is 0.698. The van der Waals surface area contributed by atoms with Crippen LogP contribution in [0, 0.1) is 23.7 Å². The second-order valence-corrected chi connectivity index (χ2v) is 5.81. The van der Waals surface area contributed by atoms with Crippen LogP contribution in [0.3, 0.4) is 0 Å². The van der Waals surface area contributed by atoms with Gasteiger partial charge in [-0.25, -0.2) is 0 Å². The minimum atomic E-state index is 0.597. The Labute approximate surface area is 101 Å². The lowest BCUT2D eigenvalue weighted by atomic mass is 9.75. The van der Waals surface area contributed by atoms with Crippen molar-refractivity contribution in [2.45, 2.75) is 48.0 Å². The zero-order valence-corrected chi connectivity index (χ0v) is 11.7. The summed E-state index contributed by atoms with van der Waals surface area (Å²) in [4.78, 5) is 0. The molecule has 1 rings (SSSR count). The van der Waals surface area contributed by atoms with Crippen molar-refractivity contribution in [3.05, 3.63) is 22.9 Å². The smallest absolute Gasteiger partial charge is 0.0114 e. The van der Waals surface area contributed by atoms with Crippen LogP contribution in [0.5, 0.6) is 0 Å². The molecule has 0 spiro atoms. The summed E-state index contributed by atoms with van der Waals surface area (Å²) in [6.45, 7) is 13.7. The second-order valence-electron chi connectivity index (χ2n) is 5.81. The molecule has 0 saturated carbocycles. The maximum absolute atomic E-state index is 6.11. The molecule has 0 aliphatic heterocycles. The molecule has 92 valence electrons. The van der Waals surface area contributed by atoms with Gasteiger partial charge >= 0.3 is 0 Å². The molecule has 0 aromatic heterocycles. The molecular formula is C15H27N. The van der Waals surface area contributed by atoms with Crippen LogP contribution < -0.4 is 5.73 Å². The van der Waals surface area contributed by atoms with Crippen molar-refractivity contribution in [3.63, 3.8) is 0 Å². The van der Waals surface area contributed by atoms with Crippen LogP contribution in [-0.4, -0.2) is 0 Å². The fourth-order valence-electron chi connectivity index (χ4n) is 2.25. The van der Waals surface area contributed by atoms with Gasteiger partial charge in [-0.05, 0) is 30.6 Å². The number of rotatable bonds is 2. The fourth-order valence-corrected chi connectivity index (χ4v) is 2.25. The van der Waals surface area contributed by atoms with Crippen LogP contribution in [0.25, 0.3) is 0 Å². The normalized spacial score (nSPS) is 31.3. The van der Waals surface area contributed by atoms with Crippen molar-refractivity contribution in [1.82, 2.24) is 0 Å². The highest BCUT2D eigenvalue weighted by atomic mass is 14.6. The van der Waals surface area contributed by atoms with E-state index in [1.54, 1.807) is 0 Å². The molecular weight excluding hydrogens is 194 g/mol. The van der Waals surface area contributed by atoms with Gasteiger partial charge in [0.25, 0.3) is 0 Å². The molecule has 0 heterocycles. The van der Waals surface area contributed by atoms with Crippen molar-refractivity contribution in [2.75, 3.05) is 0 Å². The first-order chi connectivity index (χ1) is 7.34. The predicted molar refractivity (Wildman–Crippen MR) is 71.9 cm³/mol. The van der Waals surface area contributed by atoms with E-state index >= 15 is 0 Å². The van der Waals surface area contributed by atoms with Gasteiger partial charge in [0, 0.05) is 12.1 Å². The summed E-state index contributed by atoms with van der Waals surface area (Å²) in [6, 6.07) is 0. The molecule has 0 fully saturated rings. The summed E-state index contributed by atoms with van der Waals surface area (Å²) in [6.07, 6.45) is 3.43. The lowest BCUT2D eigenvalue weighted by Crippen LogP contribution is -2.23. The Kier molecular flexibility index (Phi) is 4.23. The highest BCUT2D eigenvalue weighted by molar-refractivity contribution is 5.28. The molecule has 1 aliphatic rings. The predicted octanol–water partition coefficient (Wildman–Crippen LogP) is 4.11. The van der Waals surface area contributed by atoms with E-state index in [4.69, 9.17) is 5.73 Å². The lowest BCUT2D eigenvalue weighted by Gasteiger charge is -2.32. The number of allylic oxidation sites excluding steroid dienone is 3. The Morgan fingerprint density at radius 3 is 2.25 bits per heavy atom. The zero-order valence-electron chi connectivity index (χ0n) is 11.7. The Morgan fingerprint density at radius 2 is 1.75 bits per heavy atom. The lowest BCUT2D eigenvalue weighted by molar-refractivity contribution is 0.447. The first kappa shape index (κ1) is 13.3. The minimum Gasteiger partial charge on any atom is -0.402 e.